The van der Waals surface area contributed by atoms with Gasteiger partial charge in [-0.1, -0.05) is 0 Å². The van der Waals surface area contributed by atoms with Crippen molar-refractivity contribution < 1.29 is 74.2 Å². The number of carbonyl (C=O) groups is 2. The van der Waals surface area contributed by atoms with Crippen molar-refractivity contribution in [3.05, 3.63) is 40.6 Å². The molecule has 0 saturated carbocycles. The Kier molecular flexibility index (Phi) is 8.70. The molecule has 2 heterocycles. The zero-order chi connectivity index (χ0) is 31.8. The van der Waals surface area contributed by atoms with Gasteiger partial charge in [-0.15, -0.1) is 0 Å². The highest BCUT2D eigenvalue weighted by Crippen LogP contribution is 2.43. The molecule has 6 unspecified atom stereocenters. The van der Waals surface area contributed by atoms with Crippen LogP contribution in [0, 0.1) is 0 Å². The summed E-state index contributed by atoms with van der Waals surface area (Å²) in [5, 5.41) is 90.0. The van der Waals surface area contributed by atoms with E-state index in [9.17, 15) is 55.2 Å². The fraction of sp³-hybridized carbons (Fsp3) is 0.370. The van der Waals surface area contributed by atoms with Gasteiger partial charge in [0.1, 0.15) is 47.8 Å². The minimum Gasteiger partial charge on any atom is -0.504 e. The zero-order valence-corrected chi connectivity index (χ0v) is 22.3. The lowest BCUT2D eigenvalue weighted by atomic mass is 9.98. The first-order valence-electron chi connectivity index (χ1n) is 12.6. The first kappa shape index (κ1) is 31.3. The number of hydrogen-bond acceptors (Lipinski definition) is 15. The fourth-order valence-corrected chi connectivity index (χ4v) is 4.40. The molecule has 9 N–H and O–H groups in total. The molecule has 0 radical (unpaired) electrons. The van der Waals surface area contributed by atoms with E-state index in [2.05, 4.69) is 0 Å². The molecule has 0 spiro atoms. The molecule has 1 saturated heterocycles. The van der Waals surface area contributed by atoms with Gasteiger partial charge in [0.2, 0.25) is 12.0 Å². The Morgan fingerprint density at radius 1 is 0.930 bits per heavy atom. The molecule has 0 bridgehead atoms. The van der Waals surface area contributed by atoms with Crippen molar-refractivity contribution in [2.45, 2.75) is 56.1 Å². The van der Waals surface area contributed by atoms with Crippen LogP contribution in [0.1, 0.15) is 19.8 Å². The summed E-state index contributed by atoms with van der Waals surface area (Å²) in [6.07, 6.45) is -10.7. The van der Waals surface area contributed by atoms with Crippen molar-refractivity contribution in [1.82, 2.24) is 0 Å². The minimum absolute atomic E-state index is 0.0923. The molecule has 1 aliphatic heterocycles. The average molecular weight is 609 g/mol. The van der Waals surface area contributed by atoms with Crippen molar-refractivity contribution in [2.24, 2.45) is 0 Å². The van der Waals surface area contributed by atoms with Gasteiger partial charge in [-0.3, -0.25) is 14.4 Å². The zero-order valence-electron chi connectivity index (χ0n) is 22.3. The number of esters is 1. The third-order valence-electron chi connectivity index (χ3n) is 6.56. The quantitative estimate of drug-likeness (QED) is 0.111. The summed E-state index contributed by atoms with van der Waals surface area (Å²) < 4.78 is 21.3. The van der Waals surface area contributed by atoms with Crippen LogP contribution < -0.4 is 10.2 Å². The van der Waals surface area contributed by atoms with Gasteiger partial charge in [0.05, 0.1) is 18.4 Å². The van der Waals surface area contributed by atoms with Crippen molar-refractivity contribution in [2.75, 3.05) is 6.61 Å². The summed E-state index contributed by atoms with van der Waals surface area (Å²) in [6, 6.07) is 5.46. The minimum atomic E-state index is -1.98. The number of ether oxygens (including phenoxy) is 3. The Bertz CT molecular complexity index is 1590. The van der Waals surface area contributed by atoms with E-state index in [1.165, 1.54) is 6.07 Å². The van der Waals surface area contributed by atoms with Crippen molar-refractivity contribution in [3.8, 4) is 40.1 Å². The van der Waals surface area contributed by atoms with E-state index < -0.39 is 107 Å². The lowest BCUT2D eigenvalue weighted by Crippen LogP contribution is -2.60. The fourth-order valence-electron chi connectivity index (χ4n) is 4.40. The van der Waals surface area contributed by atoms with Crippen LogP contribution in [0.15, 0.2) is 39.5 Å². The third kappa shape index (κ3) is 6.73. The number of rotatable bonds is 9. The van der Waals surface area contributed by atoms with Crippen LogP contribution in [-0.2, 0) is 19.1 Å². The van der Waals surface area contributed by atoms with E-state index in [4.69, 9.17) is 23.7 Å². The third-order valence-corrected chi connectivity index (χ3v) is 6.56. The second-order valence-corrected chi connectivity index (χ2v) is 10.2. The smallest absolute Gasteiger partial charge is 0.308 e. The topological polar surface area (TPSA) is 274 Å². The molecule has 16 nitrogen and oxygen atoms in total. The summed E-state index contributed by atoms with van der Waals surface area (Å²) >= 11 is 0. The van der Waals surface area contributed by atoms with E-state index in [1.807, 2.05) is 0 Å². The van der Waals surface area contributed by atoms with Crippen LogP contribution >= 0.6 is 0 Å². The number of aromatic hydroxyl groups is 4. The molecular formula is C27H28O16. The molecule has 4 rings (SSSR count). The highest BCUT2D eigenvalue weighted by molar-refractivity contribution is 5.89. The Labute approximate surface area is 240 Å². The SMILES string of the molecule is CC(O)(CC(=O)O)CC(=O)OCC1OC(Oc2c(O)cc3oc(-c4ccc(O)c(O)c4)cc(=O)c3c2O)C(O)C(O)C1O. The molecule has 0 amide bonds. The maximum absolute atomic E-state index is 12.9. The Morgan fingerprint density at radius 2 is 1.63 bits per heavy atom. The van der Waals surface area contributed by atoms with Crippen LogP contribution in [0.2, 0.25) is 0 Å². The first-order valence-corrected chi connectivity index (χ1v) is 12.6. The second-order valence-electron chi connectivity index (χ2n) is 10.2. The molecule has 1 aliphatic rings. The van der Waals surface area contributed by atoms with Crippen LogP contribution in [0.25, 0.3) is 22.3 Å². The molecule has 0 aliphatic carbocycles. The second kappa shape index (κ2) is 11.9. The summed E-state index contributed by atoms with van der Waals surface area (Å²) in [5.41, 5.74) is -2.91. The Hall–Kier alpha value is -4.61. The van der Waals surface area contributed by atoms with Gasteiger partial charge in [-0.25, -0.2) is 0 Å². The molecule has 1 aromatic heterocycles. The summed E-state index contributed by atoms with van der Waals surface area (Å²) in [4.78, 5) is 35.8. The van der Waals surface area contributed by atoms with Crippen LogP contribution in [0.5, 0.6) is 28.7 Å². The van der Waals surface area contributed by atoms with E-state index >= 15 is 0 Å². The number of phenolic OH excluding ortho intramolecular Hbond substituents is 4. The van der Waals surface area contributed by atoms with Crippen molar-refractivity contribution >= 4 is 22.9 Å². The van der Waals surface area contributed by atoms with Crippen molar-refractivity contribution in [1.29, 1.82) is 0 Å². The predicted molar refractivity (Wildman–Crippen MR) is 140 cm³/mol. The van der Waals surface area contributed by atoms with Crippen LogP contribution in [0.4, 0.5) is 0 Å². The van der Waals surface area contributed by atoms with E-state index in [-0.39, 0.29) is 16.9 Å². The van der Waals surface area contributed by atoms with Crippen molar-refractivity contribution in [3.63, 3.8) is 0 Å². The molecule has 1 fully saturated rings. The first-order chi connectivity index (χ1) is 20.1. The van der Waals surface area contributed by atoms with Gasteiger partial charge in [0.15, 0.2) is 28.4 Å². The number of aliphatic hydroxyl groups excluding tert-OH is 3. The normalized spacial score (nSPS) is 23.4. The number of benzene rings is 2. The molecule has 16 heteroatoms. The lowest BCUT2D eigenvalue weighted by Gasteiger charge is -2.40. The molecule has 2 aromatic carbocycles. The number of phenols is 4. The Morgan fingerprint density at radius 3 is 2.28 bits per heavy atom. The van der Waals surface area contributed by atoms with Gasteiger partial charge in [0.25, 0.3) is 0 Å². The monoisotopic (exact) mass is 608 g/mol. The number of carboxylic acid groups (broad SMARTS) is 1. The van der Waals surface area contributed by atoms with Gasteiger partial charge >= 0.3 is 11.9 Å². The number of hydrogen-bond donors (Lipinski definition) is 9. The van der Waals surface area contributed by atoms with E-state index in [0.717, 1.165) is 31.2 Å². The Balaban J connectivity index is 1.56. The van der Waals surface area contributed by atoms with Gasteiger partial charge in [-0.05, 0) is 25.1 Å². The maximum atomic E-state index is 12.9. The van der Waals surface area contributed by atoms with Crippen LogP contribution in [-0.4, -0.2) is 101 Å². The number of fused-ring (bicyclic) bond motifs is 1. The summed E-state index contributed by atoms with van der Waals surface area (Å²) in [6.45, 7) is 0.349. The van der Waals surface area contributed by atoms with Gasteiger partial charge < -0.3 is 64.6 Å². The number of carboxylic acids is 1. The lowest BCUT2D eigenvalue weighted by molar-refractivity contribution is -0.279. The number of carbonyl (C=O) groups excluding carboxylic acids is 1. The van der Waals surface area contributed by atoms with E-state index in [1.54, 1.807) is 0 Å². The molecule has 3 aromatic rings. The molecule has 232 valence electrons. The maximum Gasteiger partial charge on any atom is 0.308 e. The standard InChI is InChI=1S/C27H28O16/c1-27(39,7-18(32)33)8-19(34)40-9-17-21(35)23(37)24(38)26(42-17)43-25-14(31)6-16-20(22(25)36)13(30)5-15(41-16)10-2-3-11(28)12(29)4-10/h2-6,17,21,23-24,26,28-29,31,35-39H,7-9H2,1H3,(H,32,33). The largest absolute Gasteiger partial charge is 0.504 e. The average Bonchev–Trinajstić information content (AvgIpc) is 2.90. The molecular weight excluding hydrogens is 580 g/mol. The molecule has 6 atom stereocenters. The highest BCUT2D eigenvalue weighted by atomic mass is 16.7. The number of aliphatic hydroxyl groups is 4. The molecule has 43 heavy (non-hydrogen) atoms. The van der Waals surface area contributed by atoms with Gasteiger partial charge in [-0.2, -0.15) is 0 Å². The highest BCUT2D eigenvalue weighted by Gasteiger charge is 2.46. The predicted octanol–water partition coefficient (Wildman–Crippen LogP) is -0.372. The summed E-state index contributed by atoms with van der Waals surface area (Å²) in [7, 11) is 0. The van der Waals surface area contributed by atoms with E-state index in [0.29, 0.717) is 0 Å². The van der Waals surface area contributed by atoms with Gasteiger partial charge in [0, 0.05) is 17.7 Å². The van der Waals surface area contributed by atoms with Crippen LogP contribution in [0.3, 0.4) is 0 Å². The number of aliphatic carboxylic acids is 1. The summed E-state index contributed by atoms with van der Waals surface area (Å²) in [5.74, 6) is -5.96.